The molecule has 0 spiro atoms. The van der Waals surface area contributed by atoms with Crippen LogP contribution < -0.4 is 10.0 Å². The van der Waals surface area contributed by atoms with Gasteiger partial charge in [0, 0.05) is 16.1 Å². The summed E-state index contributed by atoms with van der Waals surface area (Å²) in [6.45, 7) is -0.334. The number of nitrogens with one attached hydrogen (secondary N) is 2. The van der Waals surface area contributed by atoms with Crippen molar-refractivity contribution in [3.63, 3.8) is 0 Å². The zero-order valence-electron chi connectivity index (χ0n) is 13.8. The molecule has 0 unspecified atom stereocenters. The minimum Gasteiger partial charge on any atom is -0.324 e. The van der Waals surface area contributed by atoms with Crippen molar-refractivity contribution < 1.29 is 13.2 Å². The molecule has 0 aliphatic heterocycles. The molecular formula is C19H17ClN2O3S. The van der Waals surface area contributed by atoms with Gasteiger partial charge in [0.25, 0.3) is 0 Å². The molecule has 0 aromatic heterocycles. The Balaban J connectivity index is 1.62. The van der Waals surface area contributed by atoms with Crippen LogP contribution in [-0.4, -0.2) is 20.9 Å². The fourth-order valence-corrected chi connectivity index (χ4v) is 3.77. The number of fused-ring (bicyclic) bond motifs is 1. The van der Waals surface area contributed by atoms with Crippen LogP contribution in [-0.2, 0) is 20.6 Å². The van der Waals surface area contributed by atoms with Gasteiger partial charge in [-0.1, -0.05) is 60.1 Å². The van der Waals surface area contributed by atoms with Gasteiger partial charge in [0.1, 0.15) is 0 Å². The van der Waals surface area contributed by atoms with Gasteiger partial charge >= 0.3 is 0 Å². The third-order valence-electron chi connectivity index (χ3n) is 3.79. The average molecular weight is 389 g/mol. The monoisotopic (exact) mass is 388 g/mol. The van der Waals surface area contributed by atoms with Gasteiger partial charge in [0.05, 0.1) is 12.3 Å². The maximum Gasteiger partial charge on any atom is 0.239 e. The van der Waals surface area contributed by atoms with Crippen LogP contribution >= 0.6 is 11.6 Å². The largest absolute Gasteiger partial charge is 0.324 e. The highest BCUT2D eigenvalue weighted by Gasteiger charge is 2.14. The van der Waals surface area contributed by atoms with Gasteiger partial charge in [-0.2, -0.15) is 0 Å². The highest BCUT2D eigenvalue weighted by molar-refractivity contribution is 7.88. The van der Waals surface area contributed by atoms with Gasteiger partial charge in [0.2, 0.25) is 15.9 Å². The Labute approximate surface area is 157 Å². The van der Waals surface area contributed by atoms with E-state index in [0.717, 1.165) is 10.8 Å². The number of carbonyl (C=O) groups excluding carboxylic acids is 1. The average Bonchev–Trinajstić information content (AvgIpc) is 2.62. The van der Waals surface area contributed by atoms with Gasteiger partial charge in [-0.05, 0) is 29.1 Å². The fraction of sp³-hybridized carbons (Fsp3) is 0.105. The van der Waals surface area contributed by atoms with E-state index in [0.29, 0.717) is 16.3 Å². The van der Waals surface area contributed by atoms with Crippen molar-refractivity contribution in [3.05, 3.63) is 77.3 Å². The van der Waals surface area contributed by atoms with Gasteiger partial charge in [0.15, 0.2) is 0 Å². The van der Waals surface area contributed by atoms with E-state index in [1.165, 1.54) is 0 Å². The summed E-state index contributed by atoms with van der Waals surface area (Å²) in [5, 5.41) is 5.17. The van der Waals surface area contributed by atoms with E-state index in [4.69, 9.17) is 11.6 Å². The number of rotatable bonds is 6. The van der Waals surface area contributed by atoms with Crippen molar-refractivity contribution in [3.8, 4) is 0 Å². The van der Waals surface area contributed by atoms with E-state index < -0.39 is 15.9 Å². The van der Waals surface area contributed by atoms with Crippen molar-refractivity contribution in [2.45, 2.75) is 5.75 Å². The number of hydrogen-bond acceptors (Lipinski definition) is 3. The van der Waals surface area contributed by atoms with Crippen molar-refractivity contribution >= 4 is 44.0 Å². The molecule has 1 amide bonds. The van der Waals surface area contributed by atoms with E-state index in [1.807, 2.05) is 36.4 Å². The summed E-state index contributed by atoms with van der Waals surface area (Å²) < 4.78 is 26.6. The van der Waals surface area contributed by atoms with Gasteiger partial charge in [-0.3, -0.25) is 4.79 Å². The molecule has 3 rings (SSSR count). The first kappa shape index (κ1) is 18.4. The Kier molecular flexibility index (Phi) is 5.56. The van der Waals surface area contributed by atoms with Crippen LogP contribution in [0.25, 0.3) is 10.8 Å². The second-order valence-electron chi connectivity index (χ2n) is 5.78. The molecule has 0 saturated carbocycles. The number of halogens is 1. The first-order valence-corrected chi connectivity index (χ1v) is 9.95. The third kappa shape index (κ3) is 4.82. The molecule has 134 valence electrons. The molecule has 7 heteroatoms. The van der Waals surface area contributed by atoms with Crippen molar-refractivity contribution in [1.29, 1.82) is 0 Å². The summed E-state index contributed by atoms with van der Waals surface area (Å²) in [5.41, 5.74) is 1.24. The summed E-state index contributed by atoms with van der Waals surface area (Å²) in [5.74, 6) is -0.646. The Morgan fingerprint density at radius 1 is 0.923 bits per heavy atom. The summed E-state index contributed by atoms with van der Waals surface area (Å²) in [7, 11) is -3.63. The highest BCUT2D eigenvalue weighted by Crippen LogP contribution is 2.22. The Hall–Kier alpha value is -2.41. The van der Waals surface area contributed by atoms with Crippen LogP contribution in [0.4, 0.5) is 5.69 Å². The molecule has 0 fully saturated rings. The SMILES string of the molecule is O=C(CNS(=O)(=O)Cc1ccc(Cl)cc1)Nc1cccc2ccccc12. The summed E-state index contributed by atoms with van der Waals surface area (Å²) in [6.07, 6.45) is 0. The van der Waals surface area contributed by atoms with Crippen molar-refractivity contribution in [1.82, 2.24) is 4.72 Å². The van der Waals surface area contributed by atoms with Gasteiger partial charge < -0.3 is 5.32 Å². The number of benzene rings is 3. The van der Waals surface area contributed by atoms with E-state index in [2.05, 4.69) is 10.0 Å². The van der Waals surface area contributed by atoms with Crippen LogP contribution in [0, 0.1) is 0 Å². The molecule has 0 bridgehead atoms. The van der Waals surface area contributed by atoms with Crippen LogP contribution in [0.3, 0.4) is 0 Å². The number of anilines is 1. The summed E-state index contributed by atoms with van der Waals surface area (Å²) >= 11 is 5.79. The molecule has 0 aliphatic carbocycles. The molecule has 0 saturated heterocycles. The van der Waals surface area contributed by atoms with E-state index in [-0.39, 0.29) is 12.3 Å². The van der Waals surface area contributed by atoms with Crippen molar-refractivity contribution in [2.75, 3.05) is 11.9 Å². The maximum atomic E-state index is 12.1. The van der Waals surface area contributed by atoms with E-state index in [9.17, 15) is 13.2 Å². The number of hydrogen-bond donors (Lipinski definition) is 2. The fourth-order valence-electron chi connectivity index (χ4n) is 2.56. The zero-order chi connectivity index (χ0) is 18.6. The smallest absolute Gasteiger partial charge is 0.239 e. The lowest BCUT2D eigenvalue weighted by Gasteiger charge is -2.10. The molecule has 2 N–H and O–H groups in total. The lowest BCUT2D eigenvalue weighted by molar-refractivity contribution is -0.115. The van der Waals surface area contributed by atoms with Crippen LogP contribution in [0.2, 0.25) is 5.02 Å². The molecule has 5 nitrogen and oxygen atoms in total. The molecule has 0 radical (unpaired) electrons. The predicted octanol–water partition coefficient (Wildman–Crippen LogP) is 3.55. The van der Waals surface area contributed by atoms with Gasteiger partial charge in [-0.25, -0.2) is 13.1 Å². The standard InChI is InChI=1S/C19H17ClN2O3S/c20-16-10-8-14(9-11-16)13-26(24,25)21-12-19(23)22-18-7-3-5-15-4-1-2-6-17(15)18/h1-11,21H,12-13H2,(H,22,23). The zero-order valence-corrected chi connectivity index (χ0v) is 15.3. The molecule has 3 aromatic rings. The van der Waals surface area contributed by atoms with Gasteiger partial charge in [-0.15, -0.1) is 0 Å². The number of sulfonamides is 1. The predicted molar refractivity (Wildman–Crippen MR) is 105 cm³/mol. The minimum absolute atomic E-state index is 0.217. The first-order chi connectivity index (χ1) is 12.4. The van der Waals surface area contributed by atoms with E-state index >= 15 is 0 Å². The minimum atomic E-state index is -3.63. The third-order valence-corrected chi connectivity index (χ3v) is 5.34. The molecule has 26 heavy (non-hydrogen) atoms. The first-order valence-electron chi connectivity index (χ1n) is 7.92. The van der Waals surface area contributed by atoms with Crippen LogP contribution in [0.1, 0.15) is 5.56 Å². The number of carbonyl (C=O) groups is 1. The second kappa shape index (κ2) is 7.86. The highest BCUT2D eigenvalue weighted by atomic mass is 35.5. The Bertz CT molecular complexity index is 1030. The normalized spacial score (nSPS) is 11.4. The number of amides is 1. The molecule has 0 atom stereocenters. The van der Waals surface area contributed by atoms with Crippen LogP contribution in [0.5, 0.6) is 0 Å². The molecule has 0 aliphatic rings. The van der Waals surface area contributed by atoms with Crippen LogP contribution in [0.15, 0.2) is 66.7 Å². The molecule has 3 aromatic carbocycles. The topological polar surface area (TPSA) is 75.3 Å². The maximum absolute atomic E-state index is 12.1. The lowest BCUT2D eigenvalue weighted by Crippen LogP contribution is -2.33. The second-order valence-corrected chi connectivity index (χ2v) is 8.02. The molecule has 0 heterocycles. The van der Waals surface area contributed by atoms with Crippen molar-refractivity contribution in [2.24, 2.45) is 0 Å². The quantitative estimate of drug-likeness (QED) is 0.678. The summed E-state index contributed by atoms with van der Waals surface area (Å²) in [6, 6.07) is 19.7. The van der Waals surface area contributed by atoms with E-state index in [1.54, 1.807) is 30.3 Å². The Morgan fingerprint density at radius 3 is 2.38 bits per heavy atom. The lowest BCUT2D eigenvalue weighted by atomic mass is 10.1. The molecular weight excluding hydrogens is 372 g/mol. The Morgan fingerprint density at radius 2 is 1.62 bits per heavy atom. The summed E-state index contributed by atoms with van der Waals surface area (Å²) in [4.78, 5) is 12.1.